The SMILES string of the molecule is O=[N+]([O-])c1cc(-c2nc(CCc3ccc(O)c(O)c3F)no2)cc(O)c1O. The maximum atomic E-state index is 13.8. The van der Waals surface area contributed by atoms with E-state index in [0.717, 1.165) is 18.2 Å². The molecule has 11 heteroatoms. The normalized spacial score (nSPS) is 10.9. The third-order valence-corrected chi connectivity index (χ3v) is 3.77. The monoisotopic (exact) mass is 377 g/mol. The van der Waals surface area contributed by atoms with Crippen LogP contribution in [0.3, 0.4) is 0 Å². The molecule has 0 atom stereocenters. The van der Waals surface area contributed by atoms with Crippen molar-refractivity contribution in [3.63, 3.8) is 0 Å². The van der Waals surface area contributed by atoms with Crippen LogP contribution in [-0.2, 0) is 12.8 Å². The van der Waals surface area contributed by atoms with Gasteiger partial charge >= 0.3 is 5.69 Å². The molecule has 0 unspecified atom stereocenters. The molecule has 0 aliphatic heterocycles. The second-order valence-electron chi connectivity index (χ2n) is 5.54. The molecular weight excluding hydrogens is 365 g/mol. The number of nitro groups is 1. The highest BCUT2D eigenvalue weighted by Crippen LogP contribution is 2.39. The number of nitrogens with zero attached hydrogens (tertiary/aromatic N) is 3. The summed E-state index contributed by atoms with van der Waals surface area (Å²) in [5.74, 6) is -3.99. The first-order valence-corrected chi connectivity index (χ1v) is 7.50. The molecule has 3 rings (SSSR count). The number of phenols is 4. The molecule has 1 heterocycles. The fourth-order valence-electron chi connectivity index (χ4n) is 2.38. The van der Waals surface area contributed by atoms with Crippen molar-refractivity contribution in [3.05, 3.63) is 51.6 Å². The minimum absolute atomic E-state index is 0.0178. The molecule has 0 aliphatic carbocycles. The highest BCUT2D eigenvalue weighted by Gasteiger charge is 2.22. The highest BCUT2D eigenvalue weighted by atomic mass is 19.1. The Balaban J connectivity index is 1.82. The number of aryl methyl sites for hydroxylation is 2. The van der Waals surface area contributed by atoms with E-state index in [9.17, 15) is 34.9 Å². The predicted molar refractivity (Wildman–Crippen MR) is 86.9 cm³/mol. The van der Waals surface area contributed by atoms with Gasteiger partial charge in [0.15, 0.2) is 28.9 Å². The Hall–Kier alpha value is -3.89. The number of aromatic hydroxyl groups is 4. The van der Waals surface area contributed by atoms with Crippen molar-refractivity contribution in [1.82, 2.24) is 10.1 Å². The number of halogens is 1. The minimum Gasteiger partial charge on any atom is -0.504 e. The molecule has 0 amide bonds. The van der Waals surface area contributed by atoms with Crippen LogP contribution in [-0.4, -0.2) is 35.5 Å². The largest absolute Gasteiger partial charge is 0.504 e. The Bertz CT molecular complexity index is 1040. The van der Waals surface area contributed by atoms with Gasteiger partial charge in [-0.05, 0) is 24.1 Å². The fraction of sp³-hybridized carbons (Fsp3) is 0.125. The molecule has 27 heavy (non-hydrogen) atoms. The third kappa shape index (κ3) is 3.42. The quantitative estimate of drug-likeness (QED) is 0.297. The summed E-state index contributed by atoms with van der Waals surface area (Å²) >= 11 is 0. The Kier molecular flexibility index (Phi) is 4.50. The maximum Gasteiger partial charge on any atom is 0.315 e. The van der Waals surface area contributed by atoms with Gasteiger partial charge < -0.3 is 24.9 Å². The molecule has 1 aromatic heterocycles. The van der Waals surface area contributed by atoms with E-state index in [-0.39, 0.29) is 35.7 Å². The zero-order chi connectivity index (χ0) is 19.7. The molecule has 10 nitrogen and oxygen atoms in total. The van der Waals surface area contributed by atoms with Crippen molar-refractivity contribution in [2.75, 3.05) is 0 Å². The molecule has 2 aromatic carbocycles. The van der Waals surface area contributed by atoms with Crippen LogP contribution in [0.4, 0.5) is 10.1 Å². The predicted octanol–water partition coefficient (Wildman–Crippen LogP) is 2.39. The Labute approximate surface area is 149 Å². The van der Waals surface area contributed by atoms with E-state index in [0.29, 0.717) is 0 Å². The summed E-state index contributed by atoms with van der Waals surface area (Å²) in [7, 11) is 0. The van der Waals surface area contributed by atoms with Gasteiger partial charge in [0.2, 0.25) is 5.75 Å². The van der Waals surface area contributed by atoms with Crippen LogP contribution >= 0.6 is 0 Å². The summed E-state index contributed by atoms with van der Waals surface area (Å²) < 4.78 is 18.8. The van der Waals surface area contributed by atoms with Gasteiger partial charge in [-0.1, -0.05) is 11.2 Å². The second kappa shape index (κ2) is 6.78. The average Bonchev–Trinajstić information content (AvgIpc) is 3.10. The molecule has 140 valence electrons. The summed E-state index contributed by atoms with van der Waals surface area (Å²) in [6, 6.07) is 4.43. The lowest BCUT2D eigenvalue weighted by atomic mass is 10.1. The number of benzene rings is 2. The molecule has 0 spiro atoms. The molecular formula is C16H12FN3O7. The lowest BCUT2D eigenvalue weighted by Crippen LogP contribution is -1.97. The van der Waals surface area contributed by atoms with Crippen molar-refractivity contribution in [1.29, 1.82) is 0 Å². The van der Waals surface area contributed by atoms with Crippen molar-refractivity contribution in [3.8, 4) is 34.5 Å². The number of phenolic OH excluding ortho intramolecular Hbond substituents is 4. The summed E-state index contributed by atoms with van der Waals surface area (Å²) in [6.07, 6.45) is 0.191. The van der Waals surface area contributed by atoms with Crippen molar-refractivity contribution < 1.29 is 34.3 Å². The number of hydrogen-bond donors (Lipinski definition) is 4. The van der Waals surface area contributed by atoms with E-state index in [1.807, 2.05) is 0 Å². The highest BCUT2D eigenvalue weighted by molar-refractivity contribution is 5.67. The molecule has 0 fully saturated rings. The molecule has 4 N–H and O–H groups in total. The van der Waals surface area contributed by atoms with Gasteiger partial charge in [0.1, 0.15) is 0 Å². The Morgan fingerprint density at radius 2 is 1.81 bits per heavy atom. The lowest BCUT2D eigenvalue weighted by Gasteiger charge is -2.04. The first kappa shape index (κ1) is 17.9. The maximum absolute atomic E-state index is 13.8. The van der Waals surface area contributed by atoms with Crippen LogP contribution in [0.15, 0.2) is 28.8 Å². The van der Waals surface area contributed by atoms with E-state index in [1.54, 1.807) is 0 Å². The minimum atomic E-state index is -0.960. The van der Waals surface area contributed by atoms with Gasteiger partial charge in [-0.2, -0.15) is 4.98 Å². The fourth-order valence-corrected chi connectivity index (χ4v) is 2.38. The number of aromatic nitrogens is 2. The van der Waals surface area contributed by atoms with E-state index < -0.39 is 39.4 Å². The molecule has 0 saturated heterocycles. The molecule has 0 radical (unpaired) electrons. The second-order valence-corrected chi connectivity index (χ2v) is 5.54. The zero-order valence-corrected chi connectivity index (χ0v) is 13.5. The van der Waals surface area contributed by atoms with Gasteiger partial charge in [0.05, 0.1) is 10.5 Å². The van der Waals surface area contributed by atoms with Gasteiger partial charge in [0.25, 0.3) is 5.89 Å². The number of nitro benzene ring substituents is 1. The first-order valence-electron chi connectivity index (χ1n) is 7.50. The van der Waals surface area contributed by atoms with Gasteiger partial charge in [0, 0.05) is 12.5 Å². The van der Waals surface area contributed by atoms with Crippen LogP contribution in [0.1, 0.15) is 11.4 Å². The third-order valence-electron chi connectivity index (χ3n) is 3.77. The Morgan fingerprint density at radius 3 is 2.52 bits per heavy atom. The molecule has 0 aliphatic rings. The van der Waals surface area contributed by atoms with Crippen LogP contribution < -0.4 is 0 Å². The van der Waals surface area contributed by atoms with E-state index in [4.69, 9.17) is 4.52 Å². The molecule has 0 bridgehead atoms. The average molecular weight is 377 g/mol. The summed E-state index contributed by atoms with van der Waals surface area (Å²) in [6.45, 7) is 0. The molecule has 0 saturated carbocycles. The molecule has 3 aromatic rings. The number of rotatable bonds is 5. The van der Waals surface area contributed by atoms with E-state index >= 15 is 0 Å². The Morgan fingerprint density at radius 1 is 1.07 bits per heavy atom. The smallest absolute Gasteiger partial charge is 0.315 e. The van der Waals surface area contributed by atoms with Gasteiger partial charge in [-0.25, -0.2) is 4.39 Å². The van der Waals surface area contributed by atoms with Crippen LogP contribution in [0.2, 0.25) is 0 Å². The van der Waals surface area contributed by atoms with E-state index in [2.05, 4.69) is 10.1 Å². The zero-order valence-electron chi connectivity index (χ0n) is 13.5. The van der Waals surface area contributed by atoms with Gasteiger partial charge in [-0.15, -0.1) is 0 Å². The lowest BCUT2D eigenvalue weighted by molar-refractivity contribution is -0.385. The summed E-state index contributed by atoms with van der Waals surface area (Å²) in [5, 5.41) is 52.3. The van der Waals surface area contributed by atoms with Crippen molar-refractivity contribution in [2.24, 2.45) is 0 Å². The van der Waals surface area contributed by atoms with Crippen LogP contribution in [0.5, 0.6) is 23.0 Å². The van der Waals surface area contributed by atoms with Crippen molar-refractivity contribution >= 4 is 5.69 Å². The summed E-state index contributed by atoms with van der Waals surface area (Å²) in [4.78, 5) is 14.0. The van der Waals surface area contributed by atoms with Crippen LogP contribution in [0.25, 0.3) is 11.5 Å². The number of hydrogen-bond acceptors (Lipinski definition) is 9. The van der Waals surface area contributed by atoms with Crippen molar-refractivity contribution in [2.45, 2.75) is 12.8 Å². The van der Waals surface area contributed by atoms with Crippen LogP contribution in [0, 0.1) is 15.9 Å². The van der Waals surface area contributed by atoms with Gasteiger partial charge in [-0.3, -0.25) is 10.1 Å². The summed E-state index contributed by atoms with van der Waals surface area (Å²) in [5.41, 5.74) is -0.592. The first-order chi connectivity index (χ1) is 12.8. The standard InChI is InChI=1S/C16H12FN3O7/c17-13-7(1-3-10(21)15(13)24)2-4-12-18-16(27-19-12)8-5-9(20(25)26)14(23)11(22)6-8/h1,3,5-6,21-24H,2,4H2. The van der Waals surface area contributed by atoms with E-state index in [1.165, 1.54) is 6.07 Å². The topological polar surface area (TPSA) is 163 Å².